The van der Waals surface area contributed by atoms with Crippen molar-refractivity contribution in [1.29, 1.82) is 5.26 Å². The number of carbonyl (C=O) groups excluding carboxylic acids is 2. The summed E-state index contributed by atoms with van der Waals surface area (Å²) in [6.45, 7) is 3.23. The number of pyridine rings is 1. The zero-order chi connectivity index (χ0) is 21.7. The van der Waals surface area contributed by atoms with Crippen molar-refractivity contribution in [3.8, 4) is 6.07 Å². The number of nitriles is 1. The molecule has 0 unspecified atom stereocenters. The Bertz CT molecular complexity index is 1040. The molecule has 1 heterocycles. The number of hydrogen-bond acceptors (Lipinski definition) is 4. The molecule has 1 aliphatic rings. The first-order valence-corrected chi connectivity index (χ1v) is 10.2. The molecule has 1 fully saturated rings. The lowest BCUT2D eigenvalue weighted by Crippen LogP contribution is -2.36. The van der Waals surface area contributed by atoms with E-state index in [0.29, 0.717) is 22.5 Å². The number of hydrogen-bond donors (Lipinski definition) is 2. The first-order valence-electron chi connectivity index (χ1n) is 10.2. The van der Waals surface area contributed by atoms with E-state index in [1.54, 1.807) is 44.2 Å². The highest BCUT2D eigenvalue weighted by Gasteiger charge is 2.17. The van der Waals surface area contributed by atoms with Crippen LogP contribution in [0.5, 0.6) is 0 Å². The van der Waals surface area contributed by atoms with Gasteiger partial charge < -0.3 is 15.2 Å². The van der Waals surface area contributed by atoms with Crippen LogP contribution in [0.3, 0.4) is 0 Å². The highest BCUT2D eigenvalue weighted by molar-refractivity contribution is 5.96. The van der Waals surface area contributed by atoms with Crippen LogP contribution in [-0.2, 0) is 11.3 Å². The third kappa shape index (κ3) is 4.95. The van der Waals surface area contributed by atoms with Gasteiger partial charge in [-0.3, -0.25) is 14.4 Å². The summed E-state index contributed by atoms with van der Waals surface area (Å²) in [6, 6.07) is 10.5. The van der Waals surface area contributed by atoms with Crippen LogP contribution < -0.4 is 16.2 Å². The van der Waals surface area contributed by atoms with Crippen LogP contribution in [0.2, 0.25) is 0 Å². The fourth-order valence-corrected chi connectivity index (χ4v) is 3.82. The van der Waals surface area contributed by atoms with Gasteiger partial charge in [0.1, 0.15) is 18.2 Å². The smallest absolute Gasteiger partial charge is 0.269 e. The lowest BCUT2D eigenvalue weighted by atomic mass is 9.95. The molecular weight excluding hydrogens is 380 g/mol. The zero-order valence-electron chi connectivity index (χ0n) is 17.3. The van der Waals surface area contributed by atoms with E-state index in [0.717, 1.165) is 25.7 Å². The highest BCUT2D eigenvalue weighted by Crippen LogP contribution is 2.18. The van der Waals surface area contributed by atoms with Gasteiger partial charge in [-0.05, 0) is 62.6 Å². The van der Waals surface area contributed by atoms with Crippen LogP contribution in [0.4, 0.5) is 5.69 Å². The molecule has 1 aromatic heterocycles. The SMILES string of the molecule is Cc1cc(C)n(CC(=O)Nc2ccc(C(=O)NC3CCCCC3)cc2)c(=O)c1C#N. The van der Waals surface area contributed by atoms with Gasteiger partial charge in [-0.1, -0.05) is 19.3 Å². The Hall–Kier alpha value is -3.40. The summed E-state index contributed by atoms with van der Waals surface area (Å²) in [6.07, 6.45) is 5.56. The molecule has 2 amide bonds. The largest absolute Gasteiger partial charge is 0.349 e. The Balaban J connectivity index is 1.63. The molecule has 2 aromatic rings. The Kier molecular flexibility index (Phi) is 6.68. The van der Waals surface area contributed by atoms with Gasteiger partial charge in [0, 0.05) is 23.0 Å². The van der Waals surface area contributed by atoms with Crippen LogP contribution in [0.15, 0.2) is 35.1 Å². The molecule has 0 atom stereocenters. The number of carbonyl (C=O) groups is 2. The number of nitrogens with zero attached hydrogens (tertiary/aromatic N) is 2. The minimum atomic E-state index is -0.472. The summed E-state index contributed by atoms with van der Waals surface area (Å²) in [7, 11) is 0. The number of amides is 2. The molecule has 0 saturated heterocycles. The zero-order valence-corrected chi connectivity index (χ0v) is 17.3. The van der Waals surface area contributed by atoms with E-state index in [1.807, 2.05) is 6.07 Å². The van der Waals surface area contributed by atoms with Gasteiger partial charge in [0.2, 0.25) is 5.91 Å². The van der Waals surface area contributed by atoms with Gasteiger partial charge in [-0.15, -0.1) is 0 Å². The lowest BCUT2D eigenvalue weighted by molar-refractivity contribution is -0.116. The molecule has 1 aliphatic carbocycles. The number of benzene rings is 1. The molecule has 1 aromatic carbocycles. The number of rotatable bonds is 5. The van der Waals surface area contributed by atoms with E-state index in [4.69, 9.17) is 5.26 Å². The van der Waals surface area contributed by atoms with Gasteiger partial charge in [0.25, 0.3) is 11.5 Å². The van der Waals surface area contributed by atoms with E-state index < -0.39 is 5.56 Å². The van der Waals surface area contributed by atoms with Crippen LogP contribution >= 0.6 is 0 Å². The Morgan fingerprint density at radius 2 is 1.80 bits per heavy atom. The van der Waals surface area contributed by atoms with Crippen molar-refractivity contribution in [2.45, 2.75) is 58.5 Å². The Labute approximate surface area is 175 Å². The van der Waals surface area contributed by atoms with E-state index in [-0.39, 0.29) is 30.0 Å². The lowest BCUT2D eigenvalue weighted by Gasteiger charge is -2.22. The summed E-state index contributed by atoms with van der Waals surface area (Å²) >= 11 is 0. The van der Waals surface area contributed by atoms with Crippen LogP contribution in [-0.4, -0.2) is 22.4 Å². The fourth-order valence-electron chi connectivity index (χ4n) is 3.82. The molecule has 0 bridgehead atoms. The molecule has 30 heavy (non-hydrogen) atoms. The van der Waals surface area contributed by atoms with Crippen LogP contribution in [0.25, 0.3) is 0 Å². The van der Waals surface area contributed by atoms with E-state index in [1.165, 1.54) is 11.0 Å². The number of aryl methyl sites for hydroxylation is 2. The maximum Gasteiger partial charge on any atom is 0.269 e. The predicted molar refractivity (Wildman–Crippen MR) is 114 cm³/mol. The molecule has 3 rings (SSSR count). The van der Waals surface area contributed by atoms with Gasteiger partial charge in [-0.25, -0.2) is 0 Å². The number of nitrogens with one attached hydrogen (secondary N) is 2. The average Bonchev–Trinajstić information content (AvgIpc) is 2.72. The Morgan fingerprint density at radius 3 is 2.43 bits per heavy atom. The second-order valence-electron chi connectivity index (χ2n) is 7.78. The van der Waals surface area contributed by atoms with Crippen molar-refractivity contribution < 1.29 is 9.59 Å². The maximum absolute atomic E-state index is 12.4. The molecule has 2 N–H and O–H groups in total. The number of aromatic nitrogens is 1. The first kappa shape index (κ1) is 21.3. The third-order valence-electron chi connectivity index (χ3n) is 5.49. The quantitative estimate of drug-likeness (QED) is 0.796. The summed E-state index contributed by atoms with van der Waals surface area (Å²) in [5, 5.41) is 15.0. The summed E-state index contributed by atoms with van der Waals surface area (Å²) in [5.41, 5.74) is 1.86. The van der Waals surface area contributed by atoms with Gasteiger partial charge in [-0.2, -0.15) is 5.26 Å². The minimum absolute atomic E-state index is 0.0433. The molecule has 1 saturated carbocycles. The third-order valence-corrected chi connectivity index (χ3v) is 5.49. The molecule has 0 radical (unpaired) electrons. The van der Waals surface area contributed by atoms with E-state index in [9.17, 15) is 14.4 Å². The van der Waals surface area contributed by atoms with Crippen molar-refractivity contribution in [2.24, 2.45) is 0 Å². The van der Waals surface area contributed by atoms with Crippen molar-refractivity contribution >= 4 is 17.5 Å². The second-order valence-corrected chi connectivity index (χ2v) is 7.78. The van der Waals surface area contributed by atoms with Gasteiger partial charge >= 0.3 is 0 Å². The average molecular weight is 406 g/mol. The van der Waals surface area contributed by atoms with Crippen molar-refractivity contribution in [3.05, 3.63) is 63.1 Å². The summed E-state index contributed by atoms with van der Waals surface area (Å²) in [4.78, 5) is 37.2. The Morgan fingerprint density at radius 1 is 1.13 bits per heavy atom. The summed E-state index contributed by atoms with van der Waals surface area (Å²) < 4.78 is 1.28. The minimum Gasteiger partial charge on any atom is -0.349 e. The van der Waals surface area contributed by atoms with Crippen molar-refractivity contribution in [1.82, 2.24) is 9.88 Å². The van der Waals surface area contributed by atoms with Crippen LogP contribution in [0.1, 0.15) is 59.3 Å². The van der Waals surface area contributed by atoms with Crippen LogP contribution in [0, 0.1) is 25.2 Å². The van der Waals surface area contributed by atoms with Crippen molar-refractivity contribution in [3.63, 3.8) is 0 Å². The highest BCUT2D eigenvalue weighted by atomic mass is 16.2. The topological polar surface area (TPSA) is 104 Å². The monoisotopic (exact) mass is 406 g/mol. The first-order chi connectivity index (χ1) is 14.4. The fraction of sp³-hybridized carbons (Fsp3) is 0.391. The normalized spacial score (nSPS) is 14.0. The standard InChI is InChI=1S/C23H26N4O3/c1-15-12-16(2)27(23(30)20(15)13-24)14-21(28)25-19-10-8-17(9-11-19)22(29)26-18-6-4-3-5-7-18/h8-12,18H,3-7,14H2,1-2H3,(H,25,28)(H,26,29). The molecule has 7 nitrogen and oxygen atoms in total. The molecule has 7 heteroatoms. The van der Waals surface area contributed by atoms with Gasteiger partial charge in [0.15, 0.2) is 0 Å². The van der Waals surface area contributed by atoms with E-state index in [2.05, 4.69) is 10.6 Å². The molecule has 156 valence electrons. The number of anilines is 1. The predicted octanol–water partition coefficient (Wildman–Crippen LogP) is 3.04. The maximum atomic E-state index is 12.4. The van der Waals surface area contributed by atoms with Gasteiger partial charge in [0.05, 0.1) is 0 Å². The van der Waals surface area contributed by atoms with Crippen molar-refractivity contribution in [2.75, 3.05) is 5.32 Å². The molecular formula is C23H26N4O3. The summed E-state index contributed by atoms with van der Waals surface area (Å²) in [5.74, 6) is -0.488. The molecule has 0 aliphatic heterocycles. The second kappa shape index (κ2) is 9.40. The van der Waals surface area contributed by atoms with E-state index >= 15 is 0 Å². The molecule has 0 spiro atoms.